The molecule has 6 nitrogen and oxygen atoms in total. The Bertz CT molecular complexity index is 842. The van der Waals surface area contributed by atoms with E-state index in [1.54, 1.807) is 0 Å². The summed E-state index contributed by atoms with van der Waals surface area (Å²) in [6.07, 6.45) is 3.96. The Balaban J connectivity index is 1.24. The number of rotatable bonds is 6. The van der Waals surface area contributed by atoms with Crippen LogP contribution < -0.4 is 18.9 Å². The number of benzene rings is 2. The van der Waals surface area contributed by atoms with E-state index in [4.69, 9.17) is 28.4 Å². The lowest BCUT2D eigenvalue weighted by Crippen LogP contribution is -2.11. The monoisotopic (exact) mass is 354 g/mol. The molecule has 0 N–H and O–H groups in total. The molecule has 2 atom stereocenters. The summed E-state index contributed by atoms with van der Waals surface area (Å²) >= 11 is 0. The molecule has 6 heteroatoms. The minimum atomic E-state index is -0.120. The average Bonchev–Trinajstić information content (AvgIpc) is 3.20. The second kappa shape index (κ2) is 6.55. The van der Waals surface area contributed by atoms with Crippen molar-refractivity contribution in [3.8, 4) is 23.0 Å². The third kappa shape index (κ3) is 3.09. The van der Waals surface area contributed by atoms with Crippen LogP contribution in [0.5, 0.6) is 23.0 Å². The summed E-state index contributed by atoms with van der Waals surface area (Å²) in [5.74, 6) is 3.09. The van der Waals surface area contributed by atoms with Gasteiger partial charge in [0.05, 0.1) is 13.2 Å². The average molecular weight is 354 g/mol. The third-order valence-electron chi connectivity index (χ3n) is 4.50. The first-order valence-corrected chi connectivity index (χ1v) is 8.56. The minimum Gasteiger partial charge on any atom is -0.454 e. The van der Waals surface area contributed by atoms with Gasteiger partial charge in [0, 0.05) is 0 Å². The smallest absolute Gasteiger partial charge is 0.231 e. The summed E-state index contributed by atoms with van der Waals surface area (Å²) in [5.41, 5.74) is 2.08. The summed E-state index contributed by atoms with van der Waals surface area (Å²) in [6, 6.07) is 11.7. The maximum atomic E-state index is 6.06. The lowest BCUT2D eigenvalue weighted by atomic mass is 10.1. The summed E-state index contributed by atoms with van der Waals surface area (Å²) in [7, 11) is 0. The lowest BCUT2D eigenvalue weighted by molar-refractivity contribution is 0.0510. The highest BCUT2D eigenvalue weighted by atomic mass is 16.7. The molecule has 0 radical (unpaired) electrons. The van der Waals surface area contributed by atoms with E-state index in [0.717, 1.165) is 34.1 Å². The molecule has 2 aromatic rings. The second-order valence-electron chi connectivity index (χ2n) is 6.25. The van der Waals surface area contributed by atoms with Gasteiger partial charge in [-0.1, -0.05) is 24.3 Å². The van der Waals surface area contributed by atoms with Crippen LogP contribution in [0.4, 0.5) is 0 Å². The van der Waals surface area contributed by atoms with E-state index in [0.29, 0.717) is 13.2 Å². The van der Waals surface area contributed by atoms with Crippen molar-refractivity contribution in [1.82, 2.24) is 0 Å². The molecule has 3 aliphatic heterocycles. The maximum absolute atomic E-state index is 6.06. The fourth-order valence-electron chi connectivity index (χ4n) is 3.10. The van der Waals surface area contributed by atoms with E-state index in [2.05, 4.69) is 0 Å². The topological polar surface area (TPSA) is 58.7 Å². The highest BCUT2D eigenvalue weighted by Crippen LogP contribution is 2.38. The molecule has 134 valence electrons. The molecule has 26 heavy (non-hydrogen) atoms. The summed E-state index contributed by atoms with van der Waals surface area (Å²) < 4.78 is 33.1. The van der Waals surface area contributed by atoms with Gasteiger partial charge in [0.25, 0.3) is 0 Å². The van der Waals surface area contributed by atoms with Gasteiger partial charge >= 0.3 is 0 Å². The Hall–Kier alpha value is -2.70. The molecule has 0 aliphatic carbocycles. The van der Waals surface area contributed by atoms with Crippen LogP contribution in [0, 0.1) is 0 Å². The van der Waals surface area contributed by atoms with Crippen molar-refractivity contribution >= 4 is 6.08 Å². The Kier molecular flexibility index (Phi) is 3.92. The number of ether oxygens (including phenoxy) is 6. The third-order valence-corrected chi connectivity index (χ3v) is 4.50. The Morgan fingerprint density at radius 3 is 2.38 bits per heavy atom. The zero-order valence-corrected chi connectivity index (χ0v) is 14.1. The normalized spacial score (nSPS) is 20.5. The van der Waals surface area contributed by atoms with Crippen LogP contribution in [0.15, 0.2) is 42.5 Å². The van der Waals surface area contributed by atoms with Crippen molar-refractivity contribution in [3.63, 3.8) is 0 Å². The Labute approximate surface area is 150 Å². The highest BCUT2D eigenvalue weighted by molar-refractivity contribution is 5.56. The SMILES string of the molecule is C(=C\c1ccc2c(c1)OCO2)/CO[C@@H](c1ccc2c(c1)OCO2)[C@@H]1CO1. The zero-order chi connectivity index (χ0) is 17.3. The predicted molar refractivity (Wildman–Crippen MR) is 92.6 cm³/mol. The number of hydrogen-bond acceptors (Lipinski definition) is 6. The van der Waals surface area contributed by atoms with Crippen molar-refractivity contribution in [2.75, 3.05) is 26.8 Å². The summed E-state index contributed by atoms with van der Waals surface area (Å²) in [6.45, 7) is 1.74. The molecule has 0 unspecified atom stereocenters. The standard InChI is InChI=1S/C20H18O6/c1(2-13-3-5-15-17(8-13)25-11-23-15)7-21-20(19-10-22-19)14-4-6-16-18(9-14)26-12-24-16/h1-6,8-9,19-20H,7,10-12H2/b2-1+/t19-,20-/m0/s1. The van der Waals surface area contributed by atoms with Crippen molar-refractivity contribution < 1.29 is 28.4 Å². The summed E-state index contributed by atoms with van der Waals surface area (Å²) in [5, 5.41) is 0. The molecule has 0 amide bonds. The molecule has 1 saturated heterocycles. The largest absolute Gasteiger partial charge is 0.454 e. The van der Waals surface area contributed by atoms with Crippen LogP contribution in [0.2, 0.25) is 0 Å². The van der Waals surface area contributed by atoms with Crippen LogP contribution in [-0.4, -0.2) is 32.9 Å². The van der Waals surface area contributed by atoms with Crippen LogP contribution in [0.1, 0.15) is 17.2 Å². The van der Waals surface area contributed by atoms with Crippen molar-refractivity contribution in [3.05, 3.63) is 53.6 Å². The van der Waals surface area contributed by atoms with Gasteiger partial charge in [-0.25, -0.2) is 0 Å². The summed E-state index contributed by atoms with van der Waals surface area (Å²) in [4.78, 5) is 0. The van der Waals surface area contributed by atoms with Crippen molar-refractivity contribution in [1.29, 1.82) is 0 Å². The molecule has 3 aliphatic rings. The first-order chi connectivity index (χ1) is 12.9. The van der Waals surface area contributed by atoms with E-state index in [9.17, 15) is 0 Å². The quantitative estimate of drug-likeness (QED) is 0.742. The Morgan fingerprint density at radius 2 is 1.62 bits per heavy atom. The first-order valence-electron chi connectivity index (χ1n) is 8.56. The fourth-order valence-corrected chi connectivity index (χ4v) is 3.10. The molecule has 0 bridgehead atoms. The highest BCUT2D eigenvalue weighted by Gasteiger charge is 2.35. The molecular weight excluding hydrogens is 336 g/mol. The van der Waals surface area contributed by atoms with Crippen LogP contribution in [0.3, 0.4) is 0 Å². The van der Waals surface area contributed by atoms with Crippen LogP contribution in [-0.2, 0) is 9.47 Å². The van der Waals surface area contributed by atoms with Gasteiger partial charge in [0.15, 0.2) is 23.0 Å². The van der Waals surface area contributed by atoms with Gasteiger partial charge in [-0.3, -0.25) is 0 Å². The number of epoxide rings is 1. The molecule has 1 fully saturated rings. The maximum Gasteiger partial charge on any atom is 0.231 e. The van der Waals surface area contributed by atoms with Crippen molar-refractivity contribution in [2.45, 2.75) is 12.2 Å². The second-order valence-corrected chi connectivity index (χ2v) is 6.25. The van der Waals surface area contributed by atoms with E-state index in [1.165, 1.54) is 0 Å². The molecule has 0 spiro atoms. The van der Waals surface area contributed by atoms with Gasteiger partial charge in [-0.15, -0.1) is 0 Å². The van der Waals surface area contributed by atoms with Crippen LogP contribution in [0.25, 0.3) is 6.08 Å². The van der Waals surface area contributed by atoms with E-state index in [1.807, 2.05) is 48.6 Å². The molecule has 2 aromatic carbocycles. The number of hydrogen-bond donors (Lipinski definition) is 0. The van der Waals surface area contributed by atoms with E-state index in [-0.39, 0.29) is 25.8 Å². The molecule has 3 heterocycles. The predicted octanol–water partition coefficient (Wildman–Crippen LogP) is 3.31. The lowest BCUT2D eigenvalue weighted by Gasteiger charge is -2.15. The van der Waals surface area contributed by atoms with Gasteiger partial charge in [-0.2, -0.15) is 0 Å². The van der Waals surface area contributed by atoms with Gasteiger partial charge in [0.2, 0.25) is 13.6 Å². The Morgan fingerprint density at radius 1 is 0.923 bits per heavy atom. The molecule has 5 rings (SSSR count). The van der Waals surface area contributed by atoms with Gasteiger partial charge < -0.3 is 28.4 Å². The van der Waals surface area contributed by atoms with E-state index >= 15 is 0 Å². The van der Waals surface area contributed by atoms with Gasteiger partial charge in [0.1, 0.15) is 12.2 Å². The fraction of sp³-hybridized carbons (Fsp3) is 0.300. The van der Waals surface area contributed by atoms with Crippen molar-refractivity contribution in [2.24, 2.45) is 0 Å². The molecule has 0 aromatic heterocycles. The minimum absolute atomic E-state index is 0.0920. The van der Waals surface area contributed by atoms with Crippen LogP contribution >= 0.6 is 0 Å². The molecular formula is C20H18O6. The number of fused-ring (bicyclic) bond motifs is 2. The zero-order valence-electron chi connectivity index (χ0n) is 14.1. The van der Waals surface area contributed by atoms with E-state index < -0.39 is 0 Å². The first kappa shape index (κ1) is 15.5. The molecule has 0 saturated carbocycles. The van der Waals surface area contributed by atoms with Gasteiger partial charge in [-0.05, 0) is 35.4 Å².